The number of hydrogen-bond donors (Lipinski definition) is 0. The lowest BCUT2D eigenvalue weighted by atomic mass is 9.96. The number of benzene rings is 1. The summed E-state index contributed by atoms with van der Waals surface area (Å²) in [4.78, 5) is 13.9. The number of nitrogens with zero attached hydrogens (tertiary/aromatic N) is 1. The fourth-order valence-electron chi connectivity index (χ4n) is 2.60. The van der Waals surface area contributed by atoms with E-state index >= 15 is 0 Å². The van der Waals surface area contributed by atoms with Crippen molar-refractivity contribution in [3.63, 3.8) is 0 Å². The third-order valence-electron chi connectivity index (χ3n) is 3.96. The Morgan fingerprint density at radius 2 is 1.89 bits per heavy atom. The highest BCUT2D eigenvalue weighted by molar-refractivity contribution is 5.72. The number of hydrogen-bond acceptors (Lipinski definition) is 3. The number of methoxy groups -OCH3 is 1. The van der Waals surface area contributed by atoms with Crippen LogP contribution in [0, 0.1) is 12.8 Å². The monoisotopic (exact) mass is 261 g/mol. The van der Waals surface area contributed by atoms with Crippen LogP contribution in [-0.4, -0.2) is 37.6 Å². The first-order valence-corrected chi connectivity index (χ1v) is 7.05. The minimum atomic E-state index is -0.0433. The zero-order valence-corrected chi connectivity index (χ0v) is 11.9. The Kier molecular flexibility index (Phi) is 4.97. The van der Waals surface area contributed by atoms with Crippen molar-refractivity contribution in [1.82, 2.24) is 4.90 Å². The summed E-state index contributed by atoms with van der Waals surface area (Å²) in [5.41, 5.74) is 2.70. The summed E-state index contributed by atoms with van der Waals surface area (Å²) in [6, 6.07) is 8.74. The first kappa shape index (κ1) is 14.1. The number of aryl methyl sites for hydroxylation is 1. The van der Waals surface area contributed by atoms with Gasteiger partial charge in [0.15, 0.2) is 0 Å². The molecule has 1 fully saturated rings. The highest BCUT2D eigenvalue weighted by Crippen LogP contribution is 2.18. The lowest BCUT2D eigenvalue weighted by Gasteiger charge is -2.30. The molecule has 0 saturated carbocycles. The smallest absolute Gasteiger partial charge is 0.308 e. The summed E-state index contributed by atoms with van der Waals surface area (Å²) in [6.07, 6.45) is 2.95. The summed E-state index contributed by atoms with van der Waals surface area (Å²) >= 11 is 0. The maximum Gasteiger partial charge on any atom is 0.308 e. The molecule has 1 aliphatic rings. The van der Waals surface area contributed by atoms with E-state index in [2.05, 4.69) is 36.1 Å². The van der Waals surface area contributed by atoms with Gasteiger partial charge in [0.1, 0.15) is 0 Å². The van der Waals surface area contributed by atoms with Crippen LogP contribution in [0.2, 0.25) is 0 Å². The molecule has 104 valence electrons. The topological polar surface area (TPSA) is 29.5 Å². The zero-order valence-electron chi connectivity index (χ0n) is 11.9. The predicted octanol–water partition coefficient (Wildman–Crippen LogP) is 2.42. The molecule has 0 amide bonds. The molecule has 0 aliphatic carbocycles. The average molecular weight is 261 g/mol. The summed E-state index contributed by atoms with van der Waals surface area (Å²) in [7, 11) is 1.48. The minimum Gasteiger partial charge on any atom is -0.469 e. The normalized spacial score (nSPS) is 17.4. The van der Waals surface area contributed by atoms with Gasteiger partial charge in [0, 0.05) is 6.54 Å². The van der Waals surface area contributed by atoms with E-state index in [1.165, 1.54) is 18.2 Å². The molecule has 1 aliphatic heterocycles. The second-order valence-corrected chi connectivity index (χ2v) is 5.37. The molecule has 19 heavy (non-hydrogen) atoms. The molecule has 1 aromatic carbocycles. The number of rotatable bonds is 4. The fraction of sp³-hybridized carbons (Fsp3) is 0.562. The predicted molar refractivity (Wildman–Crippen MR) is 76.1 cm³/mol. The Morgan fingerprint density at radius 1 is 1.26 bits per heavy atom. The van der Waals surface area contributed by atoms with Crippen molar-refractivity contribution >= 4 is 5.97 Å². The van der Waals surface area contributed by atoms with E-state index in [-0.39, 0.29) is 11.9 Å². The van der Waals surface area contributed by atoms with E-state index in [9.17, 15) is 4.79 Å². The molecule has 0 radical (unpaired) electrons. The average Bonchev–Trinajstić information content (AvgIpc) is 2.46. The fourth-order valence-corrected chi connectivity index (χ4v) is 2.60. The lowest BCUT2D eigenvalue weighted by molar-refractivity contribution is -0.147. The molecule has 1 saturated heterocycles. The van der Waals surface area contributed by atoms with Gasteiger partial charge in [-0.05, 0) is 44.8 Å². The Labute approximate surface area is 115 Å². The first-order valence-electron chi connectivity index (χ1n) is 7.05. The first-order chi connectivity index (χ1) is 9.19. The quantitative estimate of drug-likeness (QED) is 0.780. The highest BCUT2D eigenvalue weighted by atomic mass is 16.5. The molecular formula is C16H23NO2. The third-order valence-corrected chi connectivity index (χ3v) is 3.96. The Hall–Kier alpha value is -1.35. The Morgan fingerprint density at radius 3 is 2.47 bits per heavy atom. The van der Waals surface area contributed by atoms with Crippen molar-refractivity contribution in [3.8, 4) is 0 Å². The Balaban J connectivity index is 1.74. The largest absolute Gasteiger partial charge is 0.469 e. The van der Waals surface area contributed by atoms with Gasteiger partial charge in [-0.2, -0.15) is 0 Å². The number of carbonyl (C=O) groups is 1. The van der Waals surface area contributed by atoms with Gasteiger partial charge in [0.2, 0.25) is 0 Å². The SMILES string of the molecule is COC(=O)C1CCN(CCc2ccc(C)cc2)CC1. The molecule has 3 nitrogen and oxygen atoms in total. The third kappa shape index (κ3) is 4.06. The molecular weight excluding hydrogens is 238 g/mol. The van der Waals surface area contributed by atoms with Crippen LogP contribution in [0.1, 0.15) is 24.0 Å². The summed E-state index contributed by atoms with van der Waals surface area (Å²) < 4.78 is 4.81. The van der Waals surface area contributed by atoms with E-state index in [4.69, 9.17) is 4.74 Å². The van der Waals surface area contributed by atoms with Crippen LogP contribution in [0.3, 0.4) is 0 Å². The van der Waals surface area contributed by atoms with Crippen LogP contribution in [0.4, 0.5) is 0 Å². The van der Waals surface area contributed by atoms with Gasteiger partial charge < -0.3 is 9.64 Å². The maximum atomic E-state index is 11.4. The van der Waals surface area contributed by atoms with Gasteiger partial charge in [0.05, 0.1) is 13.0 Å². The van der Waals surface area contributed by atoms with Crippen molar-refractivity contribution in [2.75, 3.05) is 26.7 Å². The lowest BCUT2D eigenvalue weighted by Crippen LogP contribution is -2.37. The van der Waals surface area contributed by atoms with E-state index < -0.39 is 0 Å². The standard InChI is InChI=1S/C16H23NO2/c1-13-3-5-14(6-4-13)7-10-17-11-8-15(9-12-17)16(18)19-2/h3-6,15H,7-12H2,1-2H3. The van der Waals surface area contributed by atoms with Gasteiger partial charge in [-0.3, -0.25) is 4.79 Å². The second kappa shape index (κ2) is 6.71. The molecule has 0 N–H and O–H groups in total. The summed E-state index contributed by atoms with van der Waals surface area (Å²) in [6.45, 7) is 5.20. The molecule has 3 heteroatoms. The van der Waals surface area contributed by atoms with Crippen LogP contribution in [0.15, 0.2) is 24.3 Å². The van der Waals surface area contributed by atoms with Crippen LogP contribution < -0.4 is 0 Å². The minimum absolute atomic E-state index is 0.0433. The summed E-state index contributed by atoms with van der Waals surface area (Å²) in [5.74, 6) is 0.0683. The van der Waals surface area contributed by atoms with Crippen molar-refractivity contribution in [1.29, 1.82) is 0 Å². The number of esters is 1. The molecule has 1 heterocycles. The van der Waals surface area contributed by atoms with Gasteiger partial charge in [0.25, 0.3) is 0 Å². The van der Waals surface area contributed by atoms with E-state index in [1.807, 2.05) is 0 Å². The Bertz CT molecular complexity index is 405. The molecule has 0 bridgehead atoms. The van der Waals surface area contributed by atoms with Gasteiger partial charge in [-0.15, -0.1) is 0 Å². The van der Waals surface area contributed by atoms with Crippen LogP contribution >= 0.6 is 0 Å². The van der Waals surface area contributed by atoms with Gasteiger partial charge in [-0.1, -0.05) is 29.8 Å². The maximum absolute atomic E-state index is 11.4. The zero-order chi connectivity index (χ0) is 13.7. The number of carbonyl (C=O) groups excluding carboxylic acids is 1. The number of piperidine rings is 1. The van der Waals surface area contributed by atoms with Crippen LogP contribution in [-0.2, 0) is 16.0 Å². The van der Waals surface area contributed by atoms with E-state index in [0.717, 1.165) is 38.9 Å². The second-order valence-electron chi connectivity index (χ2n) is 5.37. The molecule has 0 aromatic heterocycles. The number of ether oxygens (including phenoxy) is 1. The highest BCUT2D eigenvalue weighted by Gasteiger charge is 2.25. The van der Waals surface area contributed by atoms with Crippen molar-refractivity contribution in [2.24, 2.45) is 5.92 Å². The summed E-state index contributed by atoms with van der Waals surface area (Å²) in [5, 5.41) is 0. The van der Waals surface area contributed by atoms with Crippen molar-refractivity contribution < 1.29 is 9.53 Å². The number of likely N-dealkylation sites (tertiary alicyclic amines) is 1. The van der Waals surface area contributed by atoms with E-state index in [1.54, 1.807) is 0 Å². The van der Waals surface area contributed by atoms with E-state index in [0.29, 0.717) is 0 Å². The van der Waals surface area contributed by atoms with Gasteiger partial charge in [-0.25, -0.2) is 0 Å². The van der Waals surface area contributed by atoms with Crippen molar-refractivity contribution in [2.45, 2.75) is 26.2 Å². The molecule has 0 spiro atoms. The van der Waals surface area contributed by atoms with Crippen LogP contribution in [0.5, 0.6) is 0 Å². The molecule has 0 atom stereocenters. The molecule has 0 unspecified atom stereocenters. The van der Waals surface area contributed by atoms with Crippen LogP contribution in [0.25, 0.3) is 0 Å². The molecule has 2 rings (SSSR count). The van der Waals surface area contributed by atoms with Gasteiger partial charge >= 0.3 is 5.97 Å². The molecule has 1 aromatic rings. The van der Waals surface area contributed by atoms with Crippen molar-refractivity contribution in [3.05, 3.63) is 35.4 Å².